The summed E-state index contributed by atoms with van der Waals surface area (Å²) >= 11 is 1.48. The van der Waals surface area contributed by atoms with Crippen molar-refractivity contribution in [3.05, 3.63) is 12.5 Å². The van der Waals surface area contributed by atoms with Crippen LogP contribution in [0.2, 0.25) is 0 Å². The van der Waals surface area contributed by atoms with Gasteiger partial charge in [-0.2, -0.15) is 0 Å². The predicted molar refractivity (Wildman–Crippen MR) is 78.7 cm³/mol. The van der Waals surface area contributed by atoms with Gasteiger partial charge in [0.2, 0.25) is 0 Å². The summed E-state index contributed by atoms with van der Waals surface area (Å²) < 4.78 is 5.27. The third-order valence-electron chi connectivity index (χ3n) is 4.79. The summed E-state index contributed by atoms with van der Waals surface area (Å²) in [5.74, 6) is -0.423. The average molecular weight is 297 g/mol. The second kappa shape index (κ2) is 6.20. The first-order chi connectivity index (χ1) is 9.44. The molecule has 20 heavy (non-hydrogen) atoms. The maximum absolute atomic E-state index is 11.5. The summed E-state index contributed by atoms with van der Waals surface area (Å²) in [5, 5.41) is 10.1. The van der Waals surface area contributed by atoms with Crippen molar-refractivity contribution < 1.29 is 14.3 Å². The molecule has 4 nitrogen and oxygen atoms in total. The Morgan fingerprint density at radius 2 is 2.30 bits per heavy atom. The van der Waals surface area contributed by atoms with Crippen LogP contribution in [-0.2, 0) is 4.79 Å². The second-order valence-corrected chi connectivity index (χ2v) is 7.44. The van der Waals surface area contributed by atoms with Gasteiger partial charge in [-0.15, -0.1) is 0 Å². The summed E-state index contributed by atoms with van der Waals surface area (Å²) in [6, 6.07) is 0. The van der Waals surface area contributed by atoms with Gasteiger partial charge in [-0.1, -0.05) is 39.0 Å². The molecule has 2 rings (SSSR count). The van der Waals surface area contributed by atoms with Crippen molar-refractivity contribution in [2.24, 2.45) is 17.3 Å². The van der Waals surface area contributed by atoms with Gasteiger partial charge in [-0.05, 0) is 30.6 Å². The Morgan fingerprint density at radius 1 is 1.55 bits per heavy atom. The highest BCUT2D eigenvalue weighted by Gasteiger charge is 2.41. The van der Waals surface area contributed by atoms with E-state index in [1.807, 2.05) is 0 Å². The average Bonchev–Trinajstić information content (AvgIpc) is 2.91. The van der Waals surface area contributed by atoms with Crippen LogP contribution in [0.5, 0.6) is 0 Å². The third kappa shape index (κ3) is 3.37. The first-order valence-corrected chi connectivity index (χ1v) is 8.11. The van der Waals surface area contributed by atoms with E-state index in [-0.39, 0.29) is 16.6 Å². The highest BCUT2D eigenvalue weighted by Crippen LogP contribution is 2.46. The van der Waals surface area contributed by atoms with Crippen molar-refractivity contribution in [3.8, 4) is 0 Å². The summed E-state index contributed by atoms with van der Waals surface area (Å²) in [6.07, 6.45) is 6.93. The predicted octanol–water partition coefficient (Wildman–Crippen LogP) is 4.07. The van der Waals surface area contributed by atoms with Crippen LogP contribution < -0.4 is 0 Å². The number of hydrogen-bond donors (Lipinski definition) is 1. The fourth-order valence-corrected chi connectivity index (χ4v) is 4.18. The van der Waals surface area contributed by atoms with E-state index in [4.69, 9.17) is 4.42 Å². The second-order valence-electron chi connectivity index (χ2n) is 6.25. The van der Waals surface area contributed by atoms with E-state index >= 15 is 0 Å². The molecule has 0 saturated heterocycles. The molecule has 0 amide bonds. The van der Waals surface area contributed by atoms with Crippen LogP contribution in [0, 0.1) is 17.3 Å². The number of thioether (sulfide) groups is 1. The van der Waals surface area contributed by atoms with E-state index in [2.05, 4.69) is 25.8 Å². The van der Waals surface area contributed by atoms with Crippen molar-refractivity contribution in [3.63, 3.8) is 0 Å². The molecule has 1 fully saturated rings. The van der Waals surface area contributed by atoms with Gasteiger partial charge in [0, 0.05) is 5.25 Å². The smallest absolute Gasteiger partial charge is 0.307 e. The Labute approximate surface area is 124 Å². The minimum absolute atomic E-state index is 0.0516. The Hall–Kier alpha value is -0.970. The minimum Gasteiger partial charge on any atom is -0.481 e. The standard InChI is InChI=1S/C15H23NO3S/c1-4-15(2,3)10-5-6-11(13(17)18)12(9-10)20-14-16-7-8-19-14/h7-8,10-12H,4-6,9H2,1-3H3,(H,17,18). The zero-order valence-electron chi connectivity index (χ0n) is 12.3. The SMILES string of the molecule is CCC(C)(C)C1CCC(C(=O)O)C(Sc2ncco2)C1. The molecule has 0 aliphatic heterocycles. The molecule has 1 aliphatic rings. The van der Waals surface area contributed by atoms with E-state index in [0.29, 0.717) is 11.1 Å². The van der Waals surface area contributed by atoms with Crippen molar-refractivity contribution in [1.29, 1.82) is 0 Å². The molecule has 112 valence electrons. The molecule has 5 heteroatoms. The van der Waals surface area contributed by atoms with Gasteiger partial charge in [-0.25, -0.2) is 4.98 Å². The molecule has 1 saturated carbocycles. The Bertz CT molecular complexity index is 444. The van der Waals surface area contributed by atoms with Gasteiger partial charge in [0.15, 0.2) is 0 Å². The number of oxazole rings is 1. The highest BCUT2D eigenvalue weighted by atomic mass is 32.2. The molecule has 1 aromatic heterocycles. The Kier molecular flexibility index (Phi) is 4.78. The molecular formula is C15H23NO3S. The van der Waals surface area contributed by atoms with Gasteiger partial charge < -0.3 is 9.52 Å². The number of carboxylic acid groups (broad SMARTS) is 1. The van der Waals surface area contributed by atoms with Crippen molar-refractivity contribution >= 4 is 17.7 Å². The quantitative estimate of drug-likeness (QED) is 0.887. The molecule has 0 radical (unpaired) electrons. The molecule has 0 aromatic carbocycles. The first kappa shape index (κ1) is 15.4. The number of hydrogen-bond acceptors (Lipinski definition) is 4. The number of carbonyl (C=O) groups is 1. The van der Waals surface area contributed by atoms with Gasteiger partial charge >= 0.3 is 5.97 Å². The molecule has 3 unspecified atom stereocenters. The lowest BCUT2D eigenvalue weighted by molar-refractivity contribution is -0.143. The van der Waals surface area contributed by atoms with Crippen LogP contribution in [0.1, 0.15) is 46.5 Å². The van der Waals surface area contributed by atoms with Crippen LogP contribution in [0.4, 0.5) is 0 Å². The first-order valence-electron chi connectivity index (χ1n) is 7.23. The summed E-state index contributed by atoms with van der Waals surface area (Å²) in [4.78, 5) is 15.6. The van der Waals surface area contributed by atoms with E-state index < -0.39 is 5.97 Å². The van der Waals surface area contributed by atoms with Crippen molar-refractivity contribution in [1.82, 2.24) is 4.98 Å². The van der Waals surface area contributed by atoms with Crippen LogP contribution in [0.15, 0.2) is 22.1 Å². The van der Waals surface area contributed by atoms with Crippen molar-refractivity contribution in [2.45, 2.75) is 56.9 Å². The molecule has 1 N–H and O–H groups in total. The van der Waals surface area contributed by atoms with Crippen molar-refractivity contribution in [2.75, 3.05) is 0 Å². The number of carboxylic acids is 1. The Morgan fingerprint density at radius 3 is 2.85 bits per heavy atom. The lowest BCUT2D eigenvalue weighted by atomic mass is 9.67. The summed E-state index contributed by atoms with van der Waals surface area (Å²) in [7, 11) is 0. The largest absolute Gasteiger partial charge is 0.481 e. The van der Waals surface area contributed by atoms with Crippen LogP contribution in [-0.4, -0.2) is 21.3 Å². The third-order valence-corrected chi connectivity index (χ3v) is 6.01. The number of rotatable bonds is 5. The van der Waals surface area contributed by atoms with E-state index in [1.54, 1.807) is 6.20 Å². The molecule has 1 heterocycles. The topological polar surface area (TPSA) is 63.3 Å². The number of aliphatic carboxylic acids is 1. The molecule has 1 aromatic rings. The van der Waals surface area contributed by atoms with Gasteiger partial charge in [0.05, 0.1) is 12.1 Å². The lowest BCUT2D eigenvalue weighted by Crippen LogP contribution is -2.37. The van der Waals surface area contributed by atoms with E-state index in [1.165, 1.54) is 18.0 Å². The summed E-state index contributed by atoms with van der Waals surface area (Å²) in [5.41, 5.74) is 0.263. The molecule has 0 bridgehead atoms. The minimum atomic E-state index is -0.693. The fourth-order valence-electron chi connectivity index (χ4n) is 2.94. The maximum Gasteiger partial charge on any atom is 0.307 e. The lowest BCUT2D eigenvalue weighted by Gasteiger charge is -2.41. The van der Waals surface area contributed by atoms with Crippen LogP contribution in [0.3, 0.4) is 0 Å². The zero-order chi connectivity index (χ0) is 14.8. The normalized spacial score (nSPS) is 27.4. The highest BCUT2D eigenvalue weighted by molar-refractivity contribution is 7.99. The Balaban J connectivity index is 2.11. The number of aromatic nitrogens is 1. The molecule has 0 spiro atoms. The van der Waals surface area contributed by atoms with E-state index in [0.717, 1.165) is 25.7 Å². The molecular weight excluding hydrogens is 274 g/mol. The molecule has 1 aliphatic carbocycles. The zero-order valence-corrected chi connectivity index (χ0v) is 13.2. The van der Waals surface area contributed by atoms with Gasteiger partial charge in [-0.3, -0.25) is 4.79 Å². The molecule has 3 atom stereocenters. The fraction of sp³-hybridized carbons (Fsp3) is 0.733. The monoisotopic (exact) mass is 297 g/mol. The van der Waals surface area contributed by atoms with E-state index in [9.17, 15) is 9.90 Å². The van der Waals surface area contributed by atoms with Crippen LogP contribution >= 0.6 is 11.8 Å². The number of nitrogens with zero attached hydrogens (tertiary/aromatic N) is 1. The summed E-state index contributed by atoms with van der Waals surface area (Å²) in [6.45, 7) is 6.77. The van der Waals surface area contributed by atoms with Crippen LogP contribution in [0.25, 0.3) is 0 Å². The maximum atomic E-state index is 11.5. The van der Waals surface area contributed by atoms with Gasteiger partial charge in [0.1, 0.15) is 6.26 Å². The van der Waals surface area contributed by atoms with Gasteiger partial charge in [0.25, 0.3) is 5.22 Å².